The van der Waals surface area contributed by atoms with Gasteiger partial charge in [-0.25, -0.2) is 0 Å². The molecule has 0 spiro atoms. The van der Waals surface area contributed by atoms with Gasteiger partial charge in [-0.15, -0.1) is 0 Å². The Balaban J connectivity index is 1.48. The summed E-state index contributed by atoms with van der Waals surface area (Å²) in [5.74, 6) is 0.727. The van der Waals surface area contributed by atoms with E-state index in [1.807, 2.05) is 24.3 Å². The molecule has 0 aromatic heterocycles. The molecule has 1 fully saturated rings. The summed E-state index contributed by atoms with van der Waals surface area (Å²) in [6.07, 6.45) is 3.55. The van der Waals surface area contributed by atoms with Gasteiger partial charge in [-0.3, -0.25) is 14.9 Å². The lowest BCUT2D eigenvalue weighted by Gasteiger charge is -2.28. The molecule has 25 heavy (non-hydrogen) atoms. The normalized spacial score (nSPS) is 22.2. The Hall–Kier alpha value is -2.27. The standard InChI is InChI=1S/C20H19NO3S/c22-19-18(25-20(23)21-19)12-14-7-4-8-17-16(14)10-9-15(24-17)11-13-5-2-1-3-6-13/h1-8,15,18H,9-12H2,(H,21,22,23). The van der Waals surface area contributed by atoms with E-state index in [0.717, 1.165) is 42.3 Å². The Labute approximate surface area is 151 Å². The van der Waals surface area contributed by atoms with Crippen LogP contribution in [0.15, 0.2) is 48.5 Å². The lowest BCUT2D eigenvalue weighted by Crippen LogP contribution is -2.27. The topological polar surface area (TPSA) is 55.4 Å². The van der Waals surface area contributed by atoms with Crippen molar-refractivity contribution in [1.29, 1.82) is 0 Å². The van der Waals surface area contributed by atoms with Crippen molar-refractivity contribution < 1.29 is 14.3 Å². The average molecular weight is 353 g/mol. The van der Waals surface area contributed by atoms with E-state index in [1.165, 1.54) is 11.1 Å². The first-order valence-corrected chi connectivity index (χ1v) is 9.40. The van der Waals surface area contributed by atoms with Crippen LogP contribution in [0.1, 0.15) is 23.1 Å². The Bertz CT molecular complexity index is 806. The van der Waals surface area contributed by atoms with Gasteiger partial charge in [0.2, 0.25) is 5.91 Å². The van der Waals surface area contributed by atoms with Crippen molar-refractivity contribution in [2.45, 2.75) is 37.0 Å². The van der Waals surface area contributed by atoms with Crippen LogP contribution in [-0.2, 0) is 24.1 Å². The van der Waals surface area contributed by atoms with Gasteiger partial charge in [0.05, 0.1) is 5.25 Å². The summed E-state index contributed by atoms with van der Waals surface area (Å²) < 4.78 is 6.21. The van der Waals surface area contributed by atoms with Gasteiger partial charge < -0.3 is 4.74 Å². The van der Waals surface area contributed by atoms with Crippen molar-refractivity contribution >= 4 is 22.9 Å². The molecule has 4 nitrogen and oxygen atoms in total. The van der Waals surface area contributed by atoms with Crippen molar-refractivity contribution in [2.75, 3.05) is 0 Å². The minimum Gasteiger partial charge on any atom is -0.490 e. The minimum absolute atomic E-state index is 0.177. The number of nitrogens with one attached hydrogen (secondary N) is 1. The molecule has 2 aliphatic rings. The van der Waals surface area contributed by atoms with Crippen LogP contribution in [0.3, 0.4) is 0 Å². The third-order valence-electron chi connectivity index (χ3n) is 4.72. The molecule has 2 aromatic carbocycles. The monoisotopic (exact) mass is 353 g/mol. The first kappa shape index (κ1) is 16.2. The molecule has 0 aliphatic carbocycles. The number of carbonyl (C=O) groups excluding carboxylic acids is 2. The Morgan fingerprint density at radius 1 is 1.04 bits per heavy atom. The zero-order valence-corrected chi connectivity index (χ0v) is 14.6. The highest BCUT2D eigenvalue weighted by molar-refractivity contribution is 8.15. The van der Waals surface area contributed by atoms with Gasteiger partial charge in [0.25, 0.3) is 5.24 Å². The molecule has 0 radical (unpaired) electrons. The van der Waals surface area contributed by atoms with Gasteiger partial charge in [0.1, 0.15) is 11.9 Å². The summed E-state index contributed by atoms with van der Waals surface area (Å²) >= 11 is 1.08. The molecular weight excluding hydrogens is 334 g/mol. The summed E-state index contributed by atoms with van der Waals surface area (Å²) in [6.45, 7) is 0. The van der Waals surface area contributed by atoms with Crippen LogP contribution in [0, 0.1) is 0 Å². The fourth-order valence-corrected chi connectivity index (χ4v) is 4.34. The van der Waals surface area contributed by atoms with Gasteiger partial charge in [0.15, 0.2) is 0 Å². The summed E-state index contributed by atoms with van der Waals surface area (Å²) in [5.41, 5.74) is 3.57. The molecule has 2 aromatic rings. The maximum atomic E-state index is 11.8. The van der Waals surface area contributed by atoms with E-state index in [1.54, 1.807) is 0 Å². The van der Waals surface area contributed by atoms with Crippen molar-refractivity contribution in [3.05, 3.63) is 65.2 Å². The zero-order chi connectivity index (χ0) is 17.2. The van der Waals surface area contributed by atoms with Crippen LogP contribution in [0.4, 0.5) is 4.79 Å². The highest BCUT2D eigenvalue weighted by atomic mass is 32.2. The highest BCUT2D eigenvalue weighted by Crippen LogP contribution is 2.34. The molecule has 0 bridgehead atoms. The number of carbonyl (C=O) groups is 2. The number of hydrogen-bond donors (Lipinski definition) is 1. The third kappa shape index (κ3) is 3.56. The smallest absolute Gasteiger partial charge is 0.286 e. The predicted octanol–water partition coefficient (Wildman–Crippen LogP) is 3.52. The lowest BCUT2D eigenvalue weighted by molar-refractivity contribution is -0.118. The Morgan fingerprint density at radius 2 is 1.88 bits per heavy atom. The second-order valence-electron chi connectivity index (χ2n) is 6.45. The van der Waals surface area contributed by atoms with Crippen LogP contribution in [0.5, 0.6) is 5.75 Å². The number of thioether (sulfide) groups is 1. The molecule has 2 aliphatic heterocycles. The number of hydrogen-bond acceptors (Lipinski definition) is 4. The van der Waals surface area contributed by atoms with Crippen molar-refractivity contribution in [1.82, 2.24) is 5.32 Å². The molecule has 128 valence electrons. The molecule has 1 N–H and O–H groups in total. The SMILES string of the molecule is O=C1NC(=O)C(Cc2cccc3c2CCC(Cc2ccccc2)O3)S1. The van der Waals surface area contributed by atoms with E-state index < -0.39 is 0 Å². The molecule has 1 saturated heterocycles. The third-order valence-corrected chi connectivity index (χ3v) is 5.70. The quantitative estimate of drug-likeness (QED) is 0.914. The van der Waals surface area contributed by atoms with Gasteiger partial charge >= 0.3 is 0 Å². The van der Waals surface area contributed by atoms with Gasteiger partial charge in [0, 0.05) is 6.42 Å². The predicted molar refractivity (Wildman–Crippen MR) is 97.9 cm³/mol. The molecular formula is C20H19NO3S. The van der Waals surface area contributed by atoms with Gasteiger partial charge in [-0.1, -0.05) is 54.2 Å². The van der Waals surface area contributed by atoms with Crippen LogP contribution in [0.25, 0.3) is 0 Å². The van der Waals surface area contributed by atoms with Crippen molar-refractivity contribution in [3.63, 3.8) is 0 Å². The van der Waals surface area contributed by atoms with E-state index >= 15 is 0 Å². The van der Waals surface area contributed by atoms with Crippen LogP contribution < -0.4 is 10.1 Å². The van der Waals surface area contributed by atoms with E-state index in [4.69, 9.17) is 4.74 Å². The van der Waals surface area contributed by atoms with Crippen LogP contribution in [0.2, 0.25) is 0 Å². The van der Waals surface area contributed by atoms with E-state index in [2.05, 4.69) is 29.6 Å². The zero-order valence-electron chi connectivity index (χ0n) is 13.7. The second kappa shape index (κ2) is 6.92. The first-order valence-electron chi connectivity index (χ1n) is 8.52. The molecule has 2 unspecified atom stereocenters. The van der Waals surface area contributed by atoms with Crippen molar-refractivity contribution in [3.8, 4) is 5.75 Å². The Morgan fingerprint density at radius 3 is 2.64 bits per heavy atom. The number of imide groups is 1. The second-order valence-corrected chi connectivity index (χ2v) is 7.62. The Kier molecular flexibility index (Phi) is 4.49. The average Bonchev–Trinajstić information content (AvgIpc) is 2.93. The number of rotatable bonds is 4. The summed E-state index contributed by atoms with van der Waals surface area (Å²) in [6, 6.07) is 16.4. The van der Waals surface area contributed by atoms with E-state index in [0.29, 0.717) is 6.42 Å². The van der Waals surface area contributed by atoms with Crippen LogP contribution in [-0.4, -0.2) is 22.5 Å². The molecule has 4 rings (SSSR count). The summed E-state index contributed by atoms with van der Waals surface area (Å²) in [5, 5.41) is 1.77. The number of amides is 2. The fourth-order valence-electron chi connectivity index (χ4n) is 3.49. The number of fused-ring (bicyclic) bond motifs is 1. The summed E-state index contributed by atoms with van der Waals surface area (Å²) in [7, 11) is 0. The van der Waals surface area contributed by atoms with E-state index in [-0.39, 0.29) is 22.5 Å². The molecule has 0 saturated carbocycles. The van der Waals surface area contributed by atoms with Gasteiger partial charge in [-0.05, 0) is 42.0 Å². The largest absolute Gasteiger partial charge is 0.490 e. The molecule has 5 heteroatoms. The number of ether oxygens (including phenoxy) is 1. The molecule has 2 heterocycles. The fraction of sp³-hybridized carbons (Fsp3) is 0.300. The number of benzene rings is 2. The van der Waals surface area contributed by atoms with Crippen molar-refractivity contribution in [2.24, 2.45) is 0 Å². The maximum absolute atomic E-state index is 11.8. The van der Waals surface area contributed by atoms with Gasteiger partial charge in [-0.2, -0.15) is 0 Å². The molecule has 2 atom stereocenters. The minimum atomic E-state index is -0.332. The lowest BCUT2D eigenvalue weighted by atomic mass is 9.92. The van der Waals surface area contributed by atoms with E-state index in [9.17, 15) is 9.59 Å². The molecule has 2 amide bonds. The first-order chi connectivity index (χ1) is 12.2. The summed E-state index contributed by atoms with van der Waals surface area (Å²) in [4.78, 5) is 23.2. The maximum Gasteiger partial charge on any atom is 0.286 e. The van der Waals surface area contributed by atoms with Crippen LogP contribution >= 0.6 is 11.8 Å². The highest BCUT2D eigenvalue weighted by Gasteiger charge is 2.33.